The Kier molecular flexibility index (Phi) is 5.12. The van der Waals surface area contributed by atoms with Gasteiger partial charge in [0.2, 0.25) is 0 Å². The predicted octanol–water partition coefficient (Wildman–Crippen LogP) is 5.22. The Morgan fingerprint density at radius 2 is 1.48 bits per heavy atom. The van der Waals surface area contributed by atoms with Crippen molar-refractivity contribution in [2.24, 2.45) is 0 Å². The molecule has 4 rings (SSSR count). The molecular formula is C24H25N3O2. The normalized spacial score (nSPS) is 15.7. The van der Waals surface area contributed by atoms with Crippen LogP contribution in [-0.4, -0.2) is 25.4 Å². The molecule has 0 N–H and O–H groups in total. The fourth-order valence-electron chi connectivity index (χ4n) is 3.70. The Balaban J connectivity index is 1.56. The Bertz CT molecular complexity index is 1030. The van der Waals surface area contributed by atoms with Crippen LogP contribution < -0.4 is 19.3 Å². The van der Waals surface area contributed by atoms with E-state index in [1.54, 1.807) is 14.2 Å². The van der Waals surface area contributed by atoms with Crippen LogP contribution in [0.25, 0.3) is 11.3 Å². The number of hydrogen-bond acceptors (Lipinski definition) is 5. The van der Waals surface area contributed by atoms with Crippen LogP contribution >= 0.6 is 0 Å². The summed E-state index contributed by atoms with van der Waals surface area (Å²) in [6.07, 6.45) is 6.16. The fourth-order valence-corrected chi connectivity index (χ4v) is 3.70. The van der Waals surface area contributed by atoms with Gasteiger partial charge in [-0.05, 0) is 49.7 Å². The molecule has 5 heteroatoms. The molecule has 0 fully saturated rings. The molecule has 5 nitrogen and oxygen atoms in total. The molecule has 0 bridgehead atoms. The van der Waals surface area contributed by atoms with Crippen LogP contribution in [0.3, 0.4) is 0 Å². The number of nitrogens with zero attached hydrogens (tertiary/aromatic N) is 3. The summed E-state index contributed by atoms with van der Waals surface area (Å²) in [5.41, 5.74) is 5.51. The molecule has 0 aliphatic carbocycles. The van der Waals surface area contributed by atoms with Crippen LogP contribution in [0.4, 0.5) is 11.4 Å². The minimum atomic E-state index is 0.135. The molecule has 0 spiro atoms. The second kappa shape index (κ2) is 7.87. The van der Waals surface area contributed by atoms with E-state index in [1.807, 2.05) is 30.5 Å². The zero-order chi connectivity index (χ0) is 20.4. The smallest absolute Gasteiger partial charge is 0.162 e. The molecule has 0 radical (unpaired) electrons. The average molecular weight is 387 g/mol. The van der Waals surface area contributed by atoms with Gasteiger partial charge < -0.3 is 19.3 Å². The van der Waals surface area contributed by atoms with E-state index in [2.05, 4.69) is 71.4 Å². The second-order valence-corrected chi connectivity index (χ2v) is 7.00. The van der Waals surface area contributed by atoms with Gasteiger partial charge in [0.25, 0.3) is 0 Å². The first kappa shape index (κ1) is 18.9. The summed E-state index contributed by atoms with van der Waals surface area (Å²) in [5, 5.41) is 0. The standard InChI is InChI=1S/C24H25N3O2/c1-17-6-5-13-25-24(17)19-7-9-20(10-8-19)26-14-15-27(18(26)2)21-11-12-22(28-3)23(16-21)29-4/h5-16,18H,1-4H3. The number of aryl methyl sites for hydroxylation is 1. The molecule has 0 saturated heterocycles. The molecule has 1 atom stereocenters. The van der Waals surface area contributed by atoms with Gasteiger partial charge in [-0.15, -0.1) is 0 Å². The quantitative estimate of drug-likeness (QED) is 0.600. The molecule has 0 saturated carbocycles. The van der Waals surface area contributed by atoms with E-state index >= 15 is 0 Å². The van der Waals surface area contributed by atoms with E-state index in [0.717, 1.165) is 34.1 Å². The lowest BCUT2D eigenvalue weighted by molar-refractivity contribution is 0.355. The zero-order valence-electron chi connectivity index (χ0n) is 17.2. The summed E-state index contributed by atoms with van der Waals surface area (Å²) < 4.78 is 10.8. The third kappa shape index (κ3) is 3.51. The van der Waals surface area contributed by atoms with Gasteiger partial charge in [0.1, 0.15) is 6.17 Å². The van der Waals surface area contributed by atoms with E-state index in [-0.39, 0.29) is 6.17 Å². The average Bonchev–Trinajstić information content (AvgIpc) is 3.15. The van der Waals surface area contributed by atoms with Crippen molar-refractivity contribution in [1.29, 1.82) is 0 Å². The number of rotatable bonds is 5. The topological polar surface area (TPSA) is 37.8 Å². The molecular weight excluding hydrogens is 362 g/mol. The maximum absolute atomic E-state index is 5.45. The number of anilines is 2. The molecule has 2 aromatic carbocycles. The Morgan fingerprint density at radius 3 is 2.14 bits per heavy atom. The maximum atomic E-state index is 5.45. The summed E-state index contributed by atoms with van der Waals surface area (Å²) in [4.78, 5) is 8.96. The molecule has 1 aliphatic heterocycles. The minimum Gasteiger partial charge on any atom is -0.493 e. The van der Waals surface area contributed by atoms with Gasteiger partial charge in [-0.25, -0.2) is 0 Å². The monoisotopic (exact) mass is 387 g/mol. The van der Waals surface area contributed by atoms with Crippen LogP contribution in [0.15, 0.2) is 73.2 Å². The van der Waals surface area contributed by atoms with E-state index < -0.39 is 0 Å². The lowest BCUT2D eigenvalue weighted by Gasteiger charge is -2.30. The third-order valence-corrected chi connectivity index (χ3v) is 5.31. The highest BCUT2D eigenvalue weighted by Crippen LogP contribution is 2.35. The van der Waals surface area contributed by atoms with E-state index in [0.29, 0.717) is 0 Å². The van der Waals surface area contributed by atoms with Gasteiger partial charge in [-0.2, -0.15) is 0 Å². The first-order valence-electron chi connectivity index (χ1n) is 9.61. The van der Waals surface area contributed by atoms with Crippen molar-refractivity contribution in [1.82, 2.24) is 4.98 Å². The third-order valence-electron chi connectivity index (χ3n) is 5.31. The molecule has 1 aliphatic rings. The summed E-state index contributed by atoms with van der Waals surface area (Å²) >= 11 is 0. The molecule has 3 aromatic rings. The highest BCUT2D eigenvalue weighted by molar-refractivity contribution is 5.68. The summed E-state index contributed by atoms with van der Waals surface area (Å²) in [6.45, 7) is 4.26. The highest BCUT2D eigenvalue weighted by Gasteiger charge is 2.25. The number of pyridine rings is 1. The number of methoxy groups -OCH3 is 2. The Labute approximate surface area is 171 Å². The molecule has 0 amide bonds. The number of aromatic nitrogens is 1. The lowest BCUT2D eigenvalue weighted by atomic mass is 10.1. The van der Waals surface area contributed by atoms with Crippen molar-refractivity contribution in [3.05, 3.63) is 78.8 Å². The molecule has 1 unspecified atom stereocenters. The summed E-state index contributed by atoms with van der Waals surface area (Å²) in [5.74, 6) is 1.45. The molecule has 29 heavy (non-hydrogen) atoms. The first-order valence-corrected chi connectivity index (χ1v) is 9.61. The molecule has 1 aromatic heterocycles. The van der Waals surface area contributed by atoms with Crippen molar-refractivity contribution in [2.45, 2.75) is 20.0 Å². The van der Waals surface area contributed by atoms with Crippen LogP contribution in [0.5, 0.6) is 11.5 Å². The van der Waals surface area contributed by atoms with Gasteiger partial charge in [0.15, 0.2) is 11.5 Å². The van der Waals surface area contributed by atoms with E-state index in [4.69, 9.17) is 9.47 Å². The maximum Gasteiger partial charge on any atom is 0.162 e. The van der Waals surface area contributed by atoms with Crippen LogP contribution in [0.2, 0.25) is 0 Å². The summed E-state index contributed by atoms with van der Waals surface area (Å²) in [6, 6.07) is 18.6. The zero-order valence-corrected chi connectivity index (χ0v) is 17.2. The molecule has 2 heterocycles. The van der Waals surface area contributed by atoms with Crippen LogP contribution in [0.1, 0.15) is 12.5 Å². The van der Waals surface area contributed by atoms with Crippen molar-refractivity contribution in [2.75, 3.05) is 24.0 Å². The van der Waals surface area contributed by atoms with Gasteiger partial charge in [-0.1, -0.05) is 18.2 Å². The Morgan fingerprint density at radius 1 is 0.828 bits per heavy atom. The van der Waals surface area contributed by atoms with Crippen LogP contribution in [0, 0.1) is 6.92 Å². The second-order valence-electron chi connectivity index (χ2n) is 7.00. The largest absolute Gasteiger partial charge is 0.493 e. The lowest BCUT2D eigenvalue weighted by Crippen LogP contribution is -2.35. The molecule has 148 valence electrons. The van der Waals surface area contributed by atoms with Gasteiger partial charge >= 0.3 is 0 Å². The van der Waals surface area contributed by atoms with E-state index in [1.165, 1.54) is 5.56 Å². The van der Waals surface area contributed by atoms with Crippen molar-refractivity contribution >= 4 is 11.4 Å². The van der Waals surface area contributed by atoms with Crippen LogP contribution in [-0.2, 0) is 0 Å². The number of benzene rings is 2. The number of hydrogen-bond donors (Lipinski definition) is 0. The first-order chi connectivity index (χ1) is 14.1. The van der Waals surface area contributed by atoms with Gasteiger partial charge in [-0.3, -0.25) is 4.98 Å². The number of ether oxygens (including phenoxy) is 2. The fraction of sp³-hybridized carbons (Fsp3) is 0.208. The summed E-state index contributed by atoms with van der Waals surface area (Å²) in [7, 11) is 3.30. The van der Waals surface area contributed by atoms with Crippen molar-refractivity contribution in [3.8, 4) is 22.8 Å². The van der Waals surface area contributed by atoms with Crippen molar-refractivity contribution < 1.29 is 9.47 Å². The predicted molar refractivity (Wildman–Crippen MR) is 118 cm³/mol. The SMILES string of the molecule is COc1ccc(N2C=CN(c3ccc(-c4ncccc4C)cc3)C2C)cc1OC. The minimum absolute atomic E-state index is 0.135. The highest BCUT2D eigenvalue weighted by atomic mass is 16.5. The van der Waals surface area contributed by atoms with Gasteiger partial charge in [0.05, 0.1) is 19.9 Å². The van der Waals surface area contributed by atoms with Gasteiger partial charge in [0, 0.05) is 41.6 Å². The Hall–Kier alpha value is -3.47. The van der Waals surface area contributed by atoms with Crippen molar-refractivity contribution in [3.63, 3.8) is 0 Å². The van der Waals surface area contributed by atoms with E-state index in [9.17, 15) is 0 Å².